The largest absolute Gasteiger partial charge is 0.357 e. The Morgan fingerprint density at radius 1 is 1.18 bits per heavy atom. The standard InChI is InChI=1S/C16H33N5.HI/c1-5-17-16(21-8-6-7-14(2)12-21)18-11-15-13-19(3)9-10-20(15)4;/h14-15H,5-13H2,1-4H3,(H,17,18);1H. The SMILES string of the molecule is CCNC(=NCC1CN(C)CCN1C)N1CCCC(C)C1.I. The molecule has 0 bridgehead atoms. The van der Waals surface area contributed by atoms with Crippen molar-refractivity contribution in [3.05, 3.63) is 0 Å². The lowest BCUT2D eigenvalue weighted by molar-refractivity contribution is 0.119. The number of hydrogen-bond donors (Lipinski definition) is 1. The lowest BCUT2D eigenvalue weighted by atomic mass is 10.0. The normalized spacial score (nSPS) is 28.4. The second kappa shape index (κ2) is 9.93. The van der Waals surface area contributed by atoms with E-state index in [-0.39, 0.29) is 24.0 Å². The van der Waals surface area contributed by atoms with Crippen molar-refractivity contribution in [1.29, 1.82) is 0 Å². The molecule has 2 aliphatic rings. The molecule has 1 N–H and O–H groups in total. The molecule has 5 nitrogen and oxygen atoms in total. The molecule has 0 saturated carbocycles. The van der Waals surface area contributed by atoms with Gasteiger partial charge < -0.3 is 15.1 Å². The van der Waals surface area contributed by atoms with Gasteiger partial charge in [0, 0.05) is 45.3 Å². The van der Waals surface area contributed by atoms with Gasteiger partial charge in [-0.05, 0) is 39.8 Å². The van der Waals surface area contributed by atoms with Crippen LogP contribution < -0.4 is 5.32 Å². The number of hydrogen-bond acceptors (Lipinski definition) is 3. The number of aliphatic imine (C=N–C) groups is 1. The van der Waals surface area contributed by atoms with Crippen LogP contribution in [-0.4, -0.2) is 86.6 Å². The van der Waals surface area contributed by atoms with Gasteiger partial charge in [-0.25, -0.2) is 0 Å². The van der Waals surface area contributed by atoms with Crippen molar-refractivity contribution in [3.63, 3.8) is 0 Å². The molecule has 2 saturated heterocycles. The Morgan fingerprint density at radius 2 is 1.95 bits per heavy atom. The number of likely N-dealkylation sites (tertiary alicyclic amines) is 1. The van der Waals surface area contributed by atoms with E-state index in [1.54, 1.807) is 0 Å². The molecular formula is C16H34IN5. The summed E-state index contributed by atoms with van der Waals surface area (Å²) >= 11 is 0. The number of guanidine groups is 1. The molecule has 2 aliphatic heterocycles. The van der Waals surface area contributed by atoms with Crippen molar-refractivity contribution in [3.8, 4) is 0 Å². The van der Waals surface area contributed by atoms with Gasteiger partial charge in [-0.15, -0.1) is 24.0 Å². The van der Waals surface area contributed by atoms with E-state index >= 15 is 0 Å². The fourth-order valence-electron chi connectivity index (χ4n) is 3.30. The number of nitrogens with zero attached hydrogens (tertiary/aromatic N) is 4. The van der Waals surface area contributed by atoms with E-state index < -0.39 is 0 Å². The van der Waals surface area contributed by atoms with Gasteiger partial charge in [0.15, 0.2) is 5.96 Å². The second-order valence-electron chi connectivity index (χ2n) is 6.78. The average Bonchev–Trinajstić information content (AvgIpc) is 2.46. The van der Waals surface area contributed by atoms with Crippen LogP contribution in [0.25, 0.3) is 0 Å². The molecule has 0 aromatic rings. The Labute approximate surface area is 153 Å². The Kier molecular flexibility index (Phi) is 9.01. The smallest absolute Gasteiger partial charge is 0.193 e. The molecule has 2 atom stereocenters. The summed E-state index contributed by atoms with van der Waals surface area (Å²) in [4.78, 5) is 12.3. The highest BCUT2D eigenvalue weighted by Crippen LogP contribution is 2.15. The van der Waals surface area contributed by atoms with E-state index in [1.165, 1.54) is 19.4 Å². The number of halogens is 1. The van der Waals surface area contributed by atoms with Crippen LogP contribution in [0.15, 0.2) is 4.99 Å². The number of rotatable bonds is 3. The molecule has 0 amide bonds. The van der Waals surface area contributed by atoms with Crippen molar-refractivity contribution in [1.82, 2.24) is 20.0 Å². The predicted molar refractivity (Wildman–Crippen MR) is 105 cm³/mol. The van der Waals surface area contributed by atoms with Gasteiger partial charge in [0.25, 0.3) is 0 Å². The summed E-state index contributed by atoms with van der Waals surface area (Å²) in [6.07, 6.45) is 2.64. The maximum Gasteiger partial charge on any atom is 0.193 e. The van der Waals surface area contributed by atoms with Gasteiger partial charge in [-0.3, -0.25) is 9.89 Å². The van der Waals surface area contributed by atoms with Crippen molar-refractivity contribution in [2.24, 2.45) is 10.9 Å². The lowest BCUT2D eigenvalue weighted by Crippen LogP contribution is -2.52. The van der Waals surface area contributed by atoms with Crippen molar-refractivity contribution in [2.45, 2.75) is 32.7 Å². The van der Waals surface area contributed by atoms with E-state index in [4.69, 9.17) is 4.99 Å². The van der Waals surface area contributed by atoms with E-state index in [0.717, 1.165) is 51.1 Å². The molecule has 0 aliphatic carbocycles. The molecule has 22 heavy (non-hydrogen) atoms. The van der Waals surface area contributed by atoms with Crippen LogP contribution >= 0.6 is 24.0 Å². The van der Waals surface area contributed by atoms with Gasteiger partial charge in [0.05, 0.1) is 6.54 Å². The summed E-state index contributed by atoms with van der Waals surface area (Å²) in [7, 11) is 4.43. The highest BCUT2D eigenvalue weighted by Gasteiger charge is 2.23. The fraction of sp³-hybridized carbons (Fsp3) is 0.938. The number of nitrogens with one attached hydrogen (secondary N) is 1. The fourth-order valence-corrected chi connectivity index (χ4v) is 3.30. The summed E-state index contributed by atoms with van der Waals surface area (Å²) in [5.41, 5.74) is 0. The first kappa shape index (κ1) is 20.0. The average molecular weight is 423 g/mol. The summed E-state index contributed by atoms with van der Waals surface area (Å²) in [6, 6.07) is 0.541. The summed E-state index contributed by atoms with van der Waals surface area (Å²) in [6.45, 7) is 12.1. The quantitative estimate of drug-likeness (QED) is 0.425. The third-order valence-corrected chi connectivity index (χ3v) is 4.72. The molecule has 0 aromatic heterocycles. The minimum atomic E-state index is 0. The zero-order valence-corrected chi connectivity index (χ0v) is 17.0. The van der Waals surface area contributed by atoms with Gasteiger partial charge in [-0.2, -0.15) is 0 Å². The third-order valence-electron chi connectivity index (χ3n) is 4.72. The monoisotopic (exact) mass is 423 g/mol. The Bertz CT molecular complexity index is 349. The molecule has 0 spiro atoms. The van der Waals surface area contributed by atoms with Crippen LogP contribution in [0.5, 0.6) is 0 Å². The maximum atomic E-state index is 4.94. The molecule has 2 fully saturated rings. The van der Waals surface area contributed by atoms with Crippen molar-refractivity contribution < 1.29 is 0 Å². The van der Waals surface area contributed by atoms with Crippen LogP contribution in [0.1, 0.15) is 26.7 Å². The van der Waals surface area contributed by atoms with Gasteiger partial charge in [-0.1, -0.05) is 6.92 Å². The number of piperidine rings is 1. The second-order valence-corrected chi connectivity index (χ2v) is 6.78. The molecular weight excluding hydrogens is 389 g/mol. The van der Waals surface area contributed by atoms with E-state index in [2.05, 4.69) is 48.0 Å². The number of likely N-dealkylation sites (N-methyl/N-ethyl adjacent to an activating group) is 2. The Morgan fingerprint density at radius 3 is 2.64 bits per heavy atom. The number of piperazine rings is 1. The Balaban J connectivity index is 0.00000242. The molecule has 0 radical (unpaired) electrons. The highest BCUT2D eigenvalue weighted by molar-refractivity contribution is 14.0. The molecule has 0 aromatic carbocycles. The van der Waals surface area contributed by atoms with Crippen LogP contribution in [-0.2, 0) is 0 Å². The molecule has 2 unspecified atom stereocenters. The van der Waals surface area contributed by atoms with Crippen LogP contribution in [0.2, 0.25) is 0 Å². The van der Waals surface area contributed by atoms with Gasteiger partial charge in [0.1, 0.15) is 0 Å². The van der Waals surface area contributed by atoms with Gasteiger partial charge >= 0.3 is 0 Å². The first-order chi connectivity index (χ1) is 10.1. The first-order valence-electron chi connectivity index (χ1n) is 8.52. The van der Waals surface area contributed by atoms with E-state index in [1.807, 2.05) is 0 Å². The maximum absolute atomic E-state index is 4.94. The van der Waals surface area contributed by atoms with E-state index in [9.17, 15) is 0 Å². The zero-order chi connectivity index (χ0) is 15.2. The van der Waals surface area contributed by atoms with Crippen molar-refractivity contribution >= 4 is 29.9 Å². The minimum Gasteiger partial charge on any atom is -0.357 e. The van der Waals surface area contributed by atoms with Crippen LogP contribution in [0.4, 0.5) is 0 Å². The van der Waals surface area contributed by atoms with Crippen molar-refractivity contribution in [2.75, 3.05) is 59.9 Å². The van der Waals surface area contributed by atoms with Crippen LogP contribution in [0.3, 0.4) is 0 Å². The molecule has 2 rings (SSSR count). The minimum absolute atomic E-state index is 0. The first-order valence-corrected chi connectivity index (χ1v) is 8.52. The third kappa shape index (κ3) is 5.85. The van der Waals surface area contributed by atoms with Crippen LogP contribution in [0, 0.1) is 5.92 Å². The molecule has 130 valence electrons. The summed E-state index contributed by atoms with van der Waals surface area (Å²) in [5.74, 6) is 1.90. The molecule has 2 heterocycles. The van der Waals surface area contributed by atoms with E-state index in [0.29, 0.717) is 6.04 Å². The molecule has 6 heteroatoms. The summed E-state index contributed by atoms with van der Waals surface area (Å²) in [5, 5.41) is 3.48. The lowest BCUT2D eigenvalue weighted by Gasteiger charge is -2.38. The topological polar surface area (TPSA) is 34.1 Å². The predicted octanol–water partition coefficient (Wildman–Crippen LogP) is 1.55. The van der Waals surface area contributed by atoms with Gasteiger partial charge in [0.2, 0.25) is 0 Å². The zero-order valence-electron chi connectivity index (χ0n) is 14.7. The highest BCUT2D eigenvalue weighted by atomic mass is 127. The summed E-state index contributed by atoms with van der Waals surface area (Å²) < 4.78 is 0. The Hall–Kier alpha value is -0.0800.